The van der Waals surface area contributed by atoms with Crippen LogP contribution in [0.1, 0.15) is 50.5 Å². The van der Waals surface area contributed by atoms with Crippen LogP contribution in [0, 0.1) is 16.7 Å². The topological polar surface area (TPSA) is 49.8 Å². The Labute approximate surface area is 109 Å². The van der Waals surface area contributed by atoms with Crippen molar-refractivity contribution in [2.24, 2.45) is 5.41 Å². The van der Waals surface area contributed by atoms with E-state index in [1.54, 1.807) is 0 Å². The van der Waals surface area contributed by atoms with Crippen LogP contribution in [0.2, 0.25) is 0 Å². The van der Waals surface area contributed by atoms with Gasteiger partial charge in [-0.25, -0.2) is 0 Å². The predicted molar refractivity (Wildman–Crippen MR) is 72.9 cm³/mol. The summed E-state index contributed by atoms with van der Waals surface area (Å²) in [4.78, 5) is 0. The Morgan fingerprint density at radius 2 is 1.61 bits per heavy atom. The van der Waals surface area contributed by atoms with Crippen molar-refractivity contribution < 1.29 is 0 Å². The molecule has 0 unspecified atom stereocenters. The minimum Gasteiger partial charge on any atom is -0.399 e. The zero-order valence-corrected chi connectivity index (χ0v) is 10.8. The van der Waals surface area contributed by atoms with Crippen LogP contribution in [-0.4, -0.2) is 0 Å². The number of nitrogens with two attached hydrogens (primary N) is 1. The van der Waals surface area contributed by atoms with Crippen LogP contribution in [0.4, 0.5) is 5.69 Å². The SMILES string of the molecule is N#CC1(c2ccc(N)cc2)CC2(CCCCC2)C1. The van der Waals surface area contributed by atoms with Gasteiger partial charge in [0.1, 0.15) is 0 Å². The third-order valence-corrected chi connectivity index (χ3v) is 4.95. The number of nitrogens with zero attached hydrogens (tertiary/aromatic N) is 1. The van der Waals surface area contributed by atoms with E-state index in [0.29, 0.717) is 5.41 Å². The maximum absolute atomic E-state index is 9.59. The van der Waals surface area contributed by atoms with Gasteiger partial charge in [0, 0.05) is 5.69 Å². The highest BCUT2D eigenvalue weighted by molar-refractivity contribution is 5.45. The molecule has 18 heavy (non-hydrogen) atoms. The summed E-state index contributed by atoms with van der Waals surface area (Å²) >= 11 is 0. The second kappa shape index (κ2) is 4.02. The molecule has 1 spiro atoms. The largest absolute Gasteiger partial charge is 0.399 e. The minimum absolute atomic E-state index is 0.231. The van der Waals surface area contributed by atoms with Crippen molar-refractivity contribution >= 4 is 5.69 Å². The molecule has 2 fully saturated rings. The molecular weight excluding hydrogens is 220 g/mol. The van der Waals surface area contributed by atoms with Crippen molar-refractivity contribution in [3.05, 3.63) is 29.8 Å². The smallest absolute Gasteiger partial charge is 0.0833 e. The van der Waals surface area contributed by atoms with Crippen LogP contribution in [0.3, 0.4) is 0 Å². The number of hydrogen-bond acceptors (Lipinski definition) is 2. The van der Waals surface area contributed by atoms with Crippen molar-refractivity contribution in [1.29, 1.82) is 5.26 Å². The van der Waals surface area contributed by atoms with E-state index < -0.39 is 0 Å². The molecule has 2 nitrogen and oxygen atoms in total. The Balaban J connectivity index is 1.82. The maximum atomic E-state index is 9.59. The fraction of sp³-hybridized carbons (Fsp3) is 0.562. The molecule has 0 amide bonds. The first-order valence-corrected chi connectivity index (χ1v) is 6.95. The summed E-state index contributed by atoms with van der Waals surface area (Å²) < 4.78 is 0. The summed E-state index contributed by atoms with van der Waals surface area (Å²) in [5.41, 5.74) is 7.91. The lowest BCUT2D eigenvalue weighted by atomic mass is 9.47. The molecule has 2 aliphatic carbocycles. The van der Waals surface area contributed by atoms with E-state index in [1.807, 2.05) is 24.3 Å². The van der Waals surface area contributed by atoms with E-state index in [0.717, 1.165) is 24.1 Å². The van der Waals surface area contributed by atoms with Crippen molar-refractivity contribution in [2.75, 3.05) is 5.73 Å². The molecule has 2 saturated carbocycles. The molecule has 94 valence electrons. The van der Waals surface area contributed by atoms with Crippen molar-refractivity contribution in [3.63, 3.8) is 0 Å². The number of anilines is 1. The lowest BCUT2D eigenvalue weighted by Crippen LogP contribution is -2.49. The molecule has 0 bridgehead atoms. The number of benzene rings is 1. The molecule has 2 aliphatic rings. The van der Waals surface area contributed by atoms with Crippen LogP contribution in [-0.2, 0) is 5.41 Å². The molecule has 0 atom stereocenters. The molecule has 0 aromatic heterocycles. The molecule has 0 radical (unpaired) electrons. The van der Waals surface area contributed by atoms with E-state index in [4.69, 9.17) is 5.73 Å². The van der Waals surface area contributed by atoms with Crippen LogP contribution in [0.15, 0.2) is 24.3 Å². The lowest BCUT2D eigenvalue weighted by Gasteiger charge is -2.55. The van der Waals surface area contributed by atoms with E-state index in [9.17, 15) is 5.26 Å². The highest BCUT2D eigenvalue weighted by Crippen LogP contribution is 2.61. The van der Waals surface area contributed by atoms with Crippen molar-refractivity contribution in [2.45, 2.75) is 50.4 Å². The number of nitriles is 1. The van der Waals surface area contributed by atoms with Gasteiger partial charge in [-0.1, -0.05) is 31.4 Å². The maximum Gasteiger partial charge on any atom is 0.0833 e. The summed E-state index contributed by atoms with van der Waals surface area (Å²) in [6.45, 7) is 0. The monoisotopic (exact) mass is 240 g/mol. The van der Waals surface area contributed by atoms with Gasteiger partial charge in [0.2, 0.25) is 0 Å². The van der Waals surface area contributed by atoms with Gasteiger partial charge in [0.25, 0.3) is 0 Å². The van der Waals surface area contributed by atoms with Crippen LogP contribution in [0.25, 0.3) is 0 Å². The summed E-state index contributed by atoms with van der Waals surface area (Å²) in [6.07, 6.45) is 8.84. The molecule has 2 heteroatoms. The summed E-state index contributed by atoms with van der Waals surface area (Å²) in [6, 6.07) is 10.5. The molecule has 0 heterocycles. The lowest BCUT2D eigenvalue weighted by molar-refractivity contribution is 0.0169. The average Bonchev–Trinajstić information content (AvgIpc) is 2.37. The van der Waals surface area contributed by atoms with Gasteiger partial charge in [-0.05, 0) is 48.8 Å². The predicted octanol–water partition coefficient (Wildman–Crippen LogP) is 3.77. The Morgan fingerprint density at radius 1 is 1.00 bits per heavy atom. The molecule has 0 aliphatic heterocycles. The molecule has 0 saturated heterocycles. The van der Waals surface area contributed by atoms with Gasteiger partial charge < -0.3 is 5.73 Å². The van der Waals surface area contributed by atoms with Gasteiger partial charge in [-0.15, -0.1) is 0 Å². The molecule has 2 N–H and O–H groups in total. The molecule has 1 aromatic carbocycles. The second-order valence-corrected chi connectivity index (χ2v) is 6.23. The summed E-state index contributed by atoms with van der Waals surface area (Å²) in [5, 5.41) is 9.59. The second-order valence-electron chi connectivity index (χ2n) is 6.23. The van der Waals surface area contributed by atoms with Crippen molar-refractivity contribution in [1.82, 2.24) is 0 Å². The highest BCUT2D eigenvalue weighted by atomic mass is 14.6. The zero-order chi connectivity index (χ0) is 12.6. The van der Waals surface area contributed by atoms with Gasteiger partial charge in [-0.2, -0.15) is 5.26 Å². The van der Waals surface area contributed by atoms with E-state index in [1.165, 1.54) is 32.1 Å². The average molecular weight is 240 g/mol. The van der Waals surface area contributed by atoms with Crippen LogP contribution in [0.5, 0.6) is 0 Å². The van der Waals surface area contributed by atoms with Crippen molar-refractivity contribution in [3.8, 4) is 6.07 Å². The molecule has 1 aromatic rings. The summed E-state index contributed by atoms with van der Waals surface area (Å²) in [7, 11) is 0. The standard InChI is InChI=1S/C16H20N2/c17-12-16(13-4-6-14(18)7-5-13)10-15(11-16)8-2-1-3-9-15/h4-7H,1-3,8-11,18H2. The first kappa shape index (κ1) is 11.6. The van der Waals surface area contributed by atoms with Gasteiger partial charge in [0.15, 0.2) is 0 Å². The van der Waals surface area contributed by atoms with Gasteiger partial charge in [0.05, 0.1) is 11.5 Å². The third kappa shape index (κ3) is 1.70. The highest BCUT2D eigenvalue weighted by Gasteiger charge is 2.55. The van der Waals surface area contributed by atoms with E-state index in [2.05, 4.69) is 6.07 Å². The Kier molecular flexibility index (Phi) is 2.59. The van der Waals surface area contributed by atoms with Crippen LogP contribution >= 0.6 is 0 Å². The Hall–Kier alpha value is -1.49. The van der Waals surface area contributed by atoms with Crippen LogP contribution < -0.4 is 5.73 Å². The Morgan fingerprint density at radius 3 is 2.17 bits per heavy atom. The van der Waals surface area contributed by atoms with Gasteiger partial charge in [-0.3, -0.25) is 0 Å². The summed E-state index contributed by atoms with van der Waals surface area (Å²) in [5.74, 6) is 0. The number of nitrogen functional groups attached to an aromatic ring is 1. The number of rotatable bonds is 1. The first-order chi connectivity index (χ1) is 8.68. The Bertz CT molecular complexity index is 467. The number of hydrogen-bond donors (Lipinski definition) is 1. The first-order valence-electron chi connectivity index (χ1n) is 6.95. The van der Waals surface area contributed by atoms with E-state index in [-0.39, 0.29) is 5.41 Å². The fourth-order valence-corrected chi connectivity index (χ4v) is 4.03. The third-order valence-electron chi connectivity index (χ3n) is 4.95. The molecular formula is C16H20N2. The normalized spacial score (nSPS) is 24.2. The fourth-order valence-electron chi connectivity index (χ4n) is 4.03. The van der Waals surface area contributed by atoms with E-state index >= 15 is 0 Å². The molecule has 3 rings (SSSR count). The zero-order valence-electron chi connectivity index (χ0n) is 10.8. The van der Waals surface area contributed by atoms with Gasteiger partial charge >= 0.3 is 0 Å². The quantitative estimate of drug-likeness (QED) is 0.759. The minimum atomic E-state index is -0.231.